The number of carboxylic acid groups (broad SMARTS) is 1. The normalized spacial score (nSPS) is 10.2. The molecule has 1 aromatic heterocycles. The molecule has 0 spiro atoms. The molecule has 1 heterocycles. The molecule has 0 aliphatic heterocycles. The van der Waals surface area contributed by atoms with Crippen LogP contribution in [0.15, 0.2) is 46.9 Å². The highest BCUT2D eigenvalue weighted by molar-refractivity contribution is 9.10. The van der Waals surface area contributed by atoms with E-state index in [9.17, 15) is 4.79 Å². The summed E-state index contributed by atoms with van der Waals surface area (Å²) < 4.78 is 0.932. The largest absolute Gasteiger partial charge is 0.483 e. The maximum atomic E-state index is 12.5. The Balaban J connectivity index is 0.000000817. The van der Waals surface area contributed by atoms with Gasteiger partial charge >= 0.3 is 0 Å². The molecule has 27 heavy (non-hydrogen) atoms. The minimum atomic E-state index is -0.250. The van der Waals surface area contributed by atoms with Gasteiger partial charge in [0.1, 0.15) is 0 Å². The van der Waals surface area contributed by atoms with Gasteiger partial charge in [0.15, 0.2) is 0 Å². The van der Waals surface area contributed by atoms with Crippen molar-refractivity contribution in [1.29, 1.82) is 0 Å². The van der Waals surface area contributed by atoms with Gasteiger partial charge in [0, 0.05) is 32.3 Å². The fraction of sp³-hybridized carbons (Fsp3) is 0.200. The van der Waals surface area contributed by atoms with Crippen LogP contribution in [0.1, 0.15) is 28.0 Å². The SMILES string of the molecule is Cc1[nH]c2ccc(C(=O)Nc3cccc(Br)c3)cc2c1CCCN.O=CO. The Bertz CT molecular complexity index is 937. The maximum Gasteiger partial charge on any atom is 0.290 e. The lowest BCUT2D eigenvalue weighted by Gasteiger charge is -2.06. The van der Waals surface area contributed by atoms with Crippen LogP contribution in [0.4, 0.5) is 5.69 Å². The van der Waals surface area contributed by atoms with Gasteiger partial charge < -0.3 is 21.1 Å². The molecule has 1 amide bonds. The monoisotopic (exact) mass is 431 g/mol. The van der Waals surface area contributed by atoms with E-state index in [1.54, 1.807) is 0 Å². The molecule has 0 saturated heterocycles. The van der Waals surface area contributed by atoms with Crippen LogP contribution in [0.3, 0.4) is 0 Å². The van der Waals surface area contributed by atoms with Crippen molar-refractivity contribution in [1.82, 2.24) is 4.98 Å². The third-order valence-electron chi connectivity index (χ3n) is 4.10. The van der Waals surface area contributed by atoms with Crippen LogP contribution >= 0.6 is 15.9 Å². The number of rotatable bonds is 5. The van der Waals surface area contributed by atoms with Crippen molar-refractivity contribution in [2.75, 3.05) is 11.9 Å². The molecule has 0 aliphatic rings. The van der Waals surface area contributed by atoms with Crippen LogP contribution in [0.2, 0.25) is 0 Å². The van der Waals surface area contributed by atoms with E-state index in [1.165, 1.54) is 5.56 Å². The zero-order valence-electron chi connectivity index (χ0n) is 15.0. The Hall–Kier alpha value is -2.64. The van der Waals surface area contributed by atoms with Gasteiger partial charge in [-0.15, -0.1) is 0 Å². The lowest BCUT2D eigenvalue weighted by atomic mass is 10.0. The second-order valence-electron chi connectivity index (χ2n) is 5.95. The van der Waals surface area contributed by atoms with Gasteiger partial charge in [-0.3, -0.25) is 9.59 Å². The number of halogens is 1. The summed E-state index contributed by atoms with van der Waals surface area (Å²) in [4.78, 5) is 24.3. The summed E-state index contributed by atoms with van der Waals surface area (Å²) in [7, 11) is 0. The number of carbonyl (C=O) groups excluding carboxylic acids is 1. The zero-order chi connectivity index (χ0) is 19.8. The smallest absolute Gasteiger partial charge is 0.290 e. The molecular weight excluding hydrogens is 410 g/mol. The summed E-state index contributed by atoms with van der Waals surface area (Å²) in [6.07, 6.45) is 1.85. The number of anilines is 1. The van der Waals surface area contributed by atoms with E-state index in [-0.39, 0.29) is 12.4 Å². The van der Waals surface area contributed by atoms with E-state index in [1.807, 2.05) is 42.5 Å². The van der Waals surface area contributed by atoms with E-state index < -0.39 is 0 Å². The van der Waals surface area contributed by atoms with Crippen molar-refractivity contribution >= 4 is 44.9 Å². The number of fused-ring (bicyclic) bond motifs is 1. The van der Waals surface area contributed by atoms with Gasteiger partial charge in [0.2, 0.25) is 0 Å². The molecule has 3 rings (SSSR count). The van der Waals surface area contributed by atoms with Gasteiger partial charge in [-0.1, -0.05) is 22.0 Å². The first-order valence-corrected chi connectivity index (χ1v) is 9.25. The van der Waals surface area contributed by atoms with E-state index in [0.29, 0.717) is 12.1 Å². The highest BCUT2D eigenvalue weighted by atomic mass is 79.9. The lowest BCUT2D eigenvalue weighted by molar-refractivity contribution is -0.122. The maximum absolute atomic E-state index is 12.5. The van der Waals surface area contributed by atoms with Crippen LogP contribution in [0, 0.1) is 6.92 Å². The molecule has 0 radical (unpaired) electrons. The summed E-state index contributed by atoms with van der Waals surface area (Å²) >= 11 is 3.41. The fourth-order valence-corrected chi connectivity index (χ4v) is 3.29. The summed E-state index contributed by atoms with van der Waals surface area (Å²) in [6.45, 7) is 2.47. The molecule has 0 bridgehead atoms. The second kappa shape index (κ2) is 9.89. The zero-order valence-corrected chi connectivity index (χ0v) is 16.5. The Morgan fingerprint density at radius 2 is 2.04 bits per heavy atom. The Morgan fingerprint density at radius 3 is 2.70 bits per heavy atom. The quantitative estimate of drug-likeness (QED) is 0.456. The summed E-state index contributed by atoms with van der Waals surface area (Å²) in [5.41, 5.74) is 10.5. The molecule has 0 aliphatic carbocycles. The first-order valence-electron chi connectivity index (χ1n) is 8.46. The molecule has 142 valence electrons. The summed E-state index contributed by atoms with van der Waals surface area (Å²) in [5, 5.41) is 10.9. The van der Waals surface area contributed by atoms with Crippen molar-refractivity contribution in [2.24, 2.45) is 5.73 Å². The van der Waals surface area contributed by atoms with Crippen molar-refractivity contribution in [3.05, 3.63) is 63.8 Å². The van der Waals surface area contributed by atoms with E-state index in [0.717, 1.165) is 39.6 Å². The number of benzene rings is 2. The van der Waals surface area contributed by atoms with E-state index in [2.05, 4.69) is 33.2 Å². The predicted octanol–water partition coefficient (Wildman–Crippen LogP) is 4.08. The number of H-pyrrole nitrogens is 1. The molecule has 0 fully saturated rings. The molecule has 3 aromatic rings. The van der Waals surface area contributed by atoms with Gasteiger partial charge in [0.05, 0.1) is 0 Å². The molecule has 2 aromatic carbocycles. The number of aromatic nitrogens is 1. The van der Waals surface area contributed by atoms with Crippen molar-refractivity contribution in [3.63, 3.8) is 0 Å². The van der Waals surface area contributed by atoms with Crippen molar-refractivity contribution in [2.45, 2.75) is 19.8 Å². The van der Waals surface area contributed by atoms with Gasteiger partial charge in [-0.2, -0.15) is 0 Å². The number of nitrogens with two attached hydrogens (primary N) is 1. The van der Waals surface area contributed by atoms with E-state index in [4.69, 9.17) is 15.6 Å². The van der Waals surface area contributed by atoms with Crippen LogP contribution in [-0.2, 0) is 11.2 Å². The predicted molar refractivity (Wildman–Crippen MR) is 111 cm³/mol. The second-order valence-corrected chi connectivity index (χ2v) is 6.87. The number of aromatic amines is 1. The topological polar surface area (TPSA) is 108 Å². The minimum Gasteiger partial charge on any atom is -0.483 e. The number of carbonyl (C=O) groups is 2. The first-order chi connectivity index (χ1) is 13.0. The van der Waals surface area contributed by atoms with Crippen LogP contribution < -0.4 is 11.1 Å². The average molecular weight is 432 g/mol. The summed E-state index contributed by atoms with van der Waals surface area (Å²) in [5.74, 6) is -0.112. The number of nitrogens with one attached hydrogen (secondary N) is 2. The third-order valence-corrected chi connectivity index (χ3v) is 4.59. The Morgan fingerprint density at radius 1 is 1.30 bits per heavy atom. The van der Waals surface area contributed by atoms with Crippen LogP contribution in [0.25, 0.3) is 10.9 Å². The van der Waals surface area contributed by atoms with Crippen molar-refractivity contribution < 1.29 is 14.7 Å². The highest BCUT2D eigenvalue weighted by Crippen LogP contribution is 2.25. The van der Waals surface area contributed by atoms with Crippen LogP contribution in [0.5, 0.6) is 0 Å². The number of hydrogen-bond acceptors (Lipinski definition) is 3. The molecule has 6 nitrogen and oxygen atoms in total. The van der Waals surface area contributed by atoms with E-state index >= 15 is 0 Å². The molecule has 0 unspecified atom stereocenters. The standard InChI is InChI=1S/C19H20BrN3O.CH2O2/c1-12-16(6-3-9-21)17-10-13(7-8-18(17)22-12)19(24)23-15-5-2-4-14(20)11-15;2-1-3/h2,4-5,7-8,10-11,22H,3,6,9,21H2,1H3,(H,23,24);1H,(H,2,3). The summed E-state index contributed by atoms with van der Waals surface area (Å²) in [6, 6.07) is 13.3. The Kier molecular flexibility index (Phi) is 7.57. The van der Waals surface area contributed by atoms with Crippen LogP contribution in [-0.4, -0.2) is 29.0 Å². The third kappa shape index (κ3) is 5.42. The molecular formula is C20H22BrN3O3. The van der Waals surface area contributed by atoms with Gasteiger partial charge in [-0.25, -0.2) is 0 Å². The molecule has 0 atom stereocenters. The van der Waals surface area contributed by atoms with Gasteiger partial charge in [0.25, 0.3) is 12.4 Å². The number of amides is 1. The van der Waals surface area contributed by atoms with Gasteiger partial charge in [-0.05, 0) is 68.3 Å². The number of hydrogen-bond donors (Lipinski definition) is 4. The Labute approximate surface area is 165 Å². The van der Waals surface area contributed by atoms with Crippen molar-refractivity contribution in [3.8, 4) is 0 Å². The number of aryl methyl sites for hydroxylation is 2. The highest BCUT2D eigenvalue weighted by Gasteiger charge is 2.12. The minimum absolute atomic E-state index is 0.112. The molecule has 5 N–H and O–H groups in total. The average Bonchev–Trinajstić information content (AvgIpc) is 2.95. The molecule has 7 heteroatoms. The molecule has 0 saturated carbocycles. The fourth-order valence-electron chi connectivity index (χ4n) is 2.89. The first kappa shape index (κ1) is 20.7. The lowest BCUT2D eigenvalue weighted by Crippen LogP contribution is -2.11.